The minimum atomic E-state index is -1.04. The lowest BCUT2D eigenvalue weighted by atomic mass is 10.5. The molecule has 6 heteroatoms. The molecule has 1 heterocycles. The molecule has 0 unspecified atom stereocenters. The van der Waals surface area contributed by atoms with Crippen LogP contribution in [0.1, 0.15) is 9.67 Å². The van der Waals surface area contributed by atoms with E-state index in [9.17, 15) is 4.79 Å². The molecular weight excluding hydrogens is 322 g/mol. The maximum atomic E-state index is 10.5. The Morgan fingerprint density at radius 1 is 1.45 bits per heavy atom. The Morgan fingerprint density at radius 3 is 2.18 bits per heavy atom. The van der Waals surface area contributed by atoms with Crippen molar-refractivity contribution in [1.29, 1.82) is 0 Å². The first-order valence-electron chi connectivity index (χ1n) is 2.40. The topological polar surface area (TPSA) is 37.3 Å². The zero-order chi connectivity index (χ0) is 8.59. The molecule has 1 rings (SSSR count). The first-order chi connectivity index (χ1) is 5.04. The molecule has 0 aliphatic rings. The monoisotopic (exact) mass is 322 g/mol. The lowest BCUT2D eigenvalue weighted by molar-refractivity contribution is 0.0702. The number of halogens is 3. The van der Waals surface area contributed by atoms with Gasteiger partial charge in [-0.1, -0.05) is 23.2 Å². The van der Waals surface area contributed by atoms with E-state index in [0.29, 0.717) is 7.91 Å². The molecule has 0 amide bonds. The third kappa shape index (κ3) is 1.80. The van der Waals surface area contributed by atoms with Crippen molar-refractivity contribution in [2.24, 2.45) is 0 Å². The molecule has 0 aliphatic carbocycles. The zero-order valence-corrected chi connectivity index (χ0v) is 9.38. The highest BCUT2D eigenvalue weighted by Gasteiger charge is 2.17. The molecule has 60 valence electrons. The van der Waals surface area contributed by atoms with Gasteiger partial charge in [0.2, 0.25) is 0 Å². The SMILES string of the molecule is O=C(O)c1sc(I)c(Cl)c1Cl. The van der Waals surface area contributed by atoms with E-state index < -0.39 is 5.97 Å². The Balaban J connectivity index is 3.29. The van der Waals surface area contributed by atoms with E-state index in [0.717, 1.165) is 11.3 Å². The molecule has 0 aliphatic heterocycles. The van der Waals surface area contributed by atoms with E-state index in [1.54, 1.807) is 0 Å². The highest BCUT2D eigenvalue weighted by Crippen LogP contribution is 2.37. The second-order valence-electron chi connectivity index (χ2n) is 1.64. The van der Waals surface area contributed by atoms with Crippen molar-refractivity contribution in [2.75, 3.05) is 0 Å². The molecule has 0 fully saturated rings. The molecule has 0 atom stereocenters. The second-order valence-corrected chi connectivity index (χ2v) is 5.23. The standard InChI is InChI=1S/C5HCl2IO2S/c6-1-2(7)4(8)11-3(1)5(9)10/h(H,9,10). The van der Waals surface area contributed by atoms with Crippen LogP contribution in [-0.4, -0.2) is 11.1 Å². The van der Waals surface area contributed by atoms with Gasteiger partial charge in [-0.15, -0.1) is 11.3 Å². The number of carboxylic acid groups (broad SMARTS) is 1. The van der Waals surface area contributed by atoms with Crippen LogP contribution in [-0.2, 0) is 0 Å². The van der Waals surface area contributed by atoms with Crippen molar-refractivity contribution >= 4 is 63.1 Å². The summed E-state index contributed by atoms with van der Waals surface area (Å²) >= 11 is 14.3. The predicted molar refractivity (Wildman–Crippen MR) is 54.0 cm³/mol. The maximum Gasteiger partial charge on any atom is 0.347 e. The molecule has 0 aromatic carbocycles. The van der Waals surface area contributed by atoms with E-state index in [1.165, 1.54) is 0 Å². The van der Waals surface area contributed by atoms with Crippen molar-refractivity contribution in [2.45, 2.75) is 0 Å². The summed E-state index contributed by atoms with van der Waals surface area (Å²) in [6.07, 6.45) is 0. The fraction of sp³-hybridized carbons (Fsp3) is 0. The van der Waals surface area contributed by atoms with Crippen molar-refractivity contribution in [3.8, 4) is 0 Å². The average molecular weight is 323 g/mol. The van der Waals surface area contributed by atoms with E-state index in [-0.39, 0.29) is 9.90 Å². The summed E-state index contributed by atoms with van der Waals surface area (Å²) in [5, 5.41) is 9.03. The fourth-order valence-electron chi connectivity index (χ4n) is 0.503. The molecule has 0 saturated carbocycles. The van der Waals surface area contributed by atoms with Crippen LogP contribution in [0.4, 0.5) is 0 Å². The van der Waals surface area contributed by atoms with Gasteiger partial charge in [0.25, 0.3) is 0 Å². The first kappa shape index (κ1) is 9.57. The summed E-state index contributed by atoms with van der Waals surface area (Å²) in [7, 11) is 0. The minimum absolute atomic E-state index is 0.0982. The van der Waals surface area contributed by atoms with Gasteiger partial charge in [-0.25, -0.2) is 4.79 Å². The molecule has 2 nitrogen and oxygen atoms in total. The normalized spacial score (nSPS) is 10.1. The summed E-state index contributed by atoms with van der Waals surface area (Å²) in [6.45, 7) is 0. The number of thiophene rings is 1. The van der Waals surface area contributed by atoms with Crippen LogP contribution in [0.2, 0.25) is 10.0 Å². The summed E-state index contributed by atoms with van der Waals surface area (Å²) in [5.74, 6) is -1.04. The smallest absolute Gasteiger partial charge is 0.347 e. The Labute approximate surface area is 90.3 Å². The Kier molecular flexibility index (Phi) is 3.02. The predicted octanol–water partition coefficient (Wildman–Crippen LogP) is 3.36. The number of carbonyl (C=O) groups is 1. The largest absolute Gasteiger partial charge is 0.477 e. The van der Waals surface area contributed by atoms with Gasteiger partial charge in [-0.2, -0.15) is 0 Å². The van der Waals surface area contributed by atoms with Crippen LogP contribution >= 0.6 is 57.1 Å². The Hall–Kier alpha value is 0.480. The van der Waals surface area contributed by atoms with Crippen LogP contribution in [0.25, 0.3) is 0 Å². The van der Waals surface area contributed by atoms with Gasteiger partial charge < -0.3 is 5.11 Å². The van der Waals surface area contributed by atoms with Crippen molar-refractivity contribution in [3.05, 3.63) is 17.8 Å². The lowest BCUT2D eigenvalue weighted by Crippen LogP contribution is -1.91. The minimum Gasteiger partial charge on any atom is -0.477 e. The van der Waals surface area contributed by atoms with E-state index >= 15 is 0 Å². The molecule has 0 bridgehead atoms. The van der Waals surface area contributed by atoms with Gasteiger partial charge in [0.15, 0.2) is 0 Å². The Morgan fingerprint density at radius 2 is 2.00 bits per heavy atom. The highest BCUT2D eigenvalue weighted by molar-refractivity contribution is 14.1. The van der Waals surface area contributed by atoms with Gasteiger partial charge in [-0.05, 0) is 22.6 Å². The lowest BCUT2D eigenvalue weighted by Gasteiger charge is -1.86. The molecule has 0 radical (unpaired) electrons. The molecule has 1 aromatic rings. The van der Waals surface area contributed by atoms with E-state index in [4.69, 9.17) is 28.3 Å². The van der Waals surface area contributed by atoms with Gasteiger partial charge in [-0.3, -0.25) is 0 Å². The van der Waals surface area contributed by atoms with Crippen LogP contribution in [0.3, 0.4) is 0 Å². The average Bonchev–Trinajstić information content (AvgIpc) is 2.17. The van der Waals surface area contributed by atoms with Gasteiger partial charge in [0, 0.05) is 0 Å². The number of aromatic carboxylic acids is 1. The summed E-state index contributed by atoms with van der Waals surface area (Å²) in [4.78, 5) is 10.5. The number of hydrogen-bond donors (Lipinski definition) is 1. The summed E-state index contributed by atoms with van der Waals surface area (Å²) < 4.78 is 0.701. The molecule has 1 aromatic heterocycles. The first-order valence-corrected chi connectivity index (χ1v) is 5.05. The van der Waals surface area contributed by atoms with Crippen LogP contribution in [0.15, 0.2) is 0 Å². The van der Waals surface area contributed by atoms with E-state index in [2.05, 4.69) is 0 Å². The van der Waals surface area contributed by atoms with Gasteiger partial charge in [0.1, 0.15) is 4.88 Å². The summed E-state index contributed by atoms with van der Waals surface area (Å²) in [5.41, 5.74) is 0. The number of carboxylic acids is 1. The molecular formula is C5HCl2IO2S. The number of hydrogen-bond acceptors (Lipinski definition) is 2. The molecule has 11 heavy (non-hydrogen) atoms. The number of rotatable bonds is 1. The third-order valence-electron chi connectivity index (χ3n) is 0.951. The molecule has 0 spiro atoms. The molecule has 1 N–H and O–H groups in total. The fourth-order valence-corrected chi connectivity index (χ4v) is 2.86. The quantitative estimate of drug-likeness (QED) is 0.805. The van der Waals surface area contributed by atoms with Crippen molar-refractivity contribution < 1.29 is 9.90 Å². The van der Waals surface area contributed by atoms with Gasteiger partial charge >= 0.3 is 5.97 Å². The van der Waals surface area contributed by atoms with Crippen LogP contribution in [0, 0.1) is 2.88 Å². The highest BCUT2D eigenvalue weighted by atomic mass is 127. The third-order valence-corrected chi connectivity index (χ3v) is 4.51. The second kappa shape index (κ2) is 3.47. The van der Waals surface area contributed by atoms with Crippen molar-refractivity contribution in [3.63, 3.8) is 0 Å². The maximum absolute atomic E-state index is 10.5. The molecule has 0 saturated heterocycles. The van der Waals surface area contributed by atoms with Crippen LogP contribution in [0.5, 0.6) is 0 Å². The van der Waals surface area contributed by atoms with Gasteiger partial charge in [0.05, 0.1) is 12.9 Å². The van der Waals surface area contributed by atoms with Crippen molar-refractivity contribution in [1.82, 2.24) is 0 Å². The van der Waals surface area contributed by atoms with E-state index in [1.807, 2.05) is 22.6 Å². The summed E-state index contributed by atoms with van der Waals surface area (Å²) in [6, 6.07) is 0. The Bertz CT molecular complexity index is 310. The van der Waals surface area contributed by atoms with Crippen LogP contribution < -0.4 is 0 Å². The zero-order valence-electron chi connectivity index (χ0n) is 4.90.